The summed E-state index contributed by atoms with van der Waals surface area (Å²) in [6.45, 7) is 4.40. The van der Waals surface area contributed by atoms with E-state index >= 15 is 0 Å². The quantitative estimate of drug-likeness (QED) is 0.713. The molecule has 0 saturated carbocycles. The minimum Gasteiger partial charge on any atom is -0.346 e. The SMILES string of the molecule is CC(C)[C@H](N)C(=O)NCC(=O)N1CCCC(C(=O)c2ccc(F)cc2)C1.Cl. The lowest BCUT2D eigenvalue weighted by molar-refractivity contribution is -0.134. The van der Waals surface area contributed by atoms with Crippen LogP contribution in [0.3, 0.4) is 0 Å². The van der Waals surface area contributed by atoms with Crippen molar-refractivity contribution < 1.29 is 18.8 Å². The lowest BCUT2D eigenvalue weighted by Gasteiger charge is -2.32. The van der Waals surface area contributed by atoms with E-state index in [1.165, 1.54) is 24.3 Å². The lowest BCUT2D eigenvalue weighted by Crippen LogP contribution is -2.50. The molecule has 1 heterocycles. The minimum absolute atomic E-state index is 0. The number of halogens is 2. The smallest absolute Gasteiger partial charge is 0.241 e. The molecule has 0 bridgehead atoms. The fraction of sp³-hybridized carbons (Fsp3) is 0.526. The van der Waals surface area contributed by atoms with E-state index in [1.54, 1.807) is 4.90 Å². The molecule has 2 rings (SSSR count). The van der Waals surface area contributed by atoms with Gasteiger partial charge in [-0.15, -0.1) is 12.4 Å². The monoisotopic (exact) mass is 399 g/mol. The van der Waals surface area contributed by atoms with Gasteiger partial charge in [0.05, 0.1) is 12.6 Å². The van der Waals surface area contributed by atoms with Gasteiger partial charge in [0.25, 0.3) is 0 Å². The molecule has 0 spiro atoms. The Labute approximate surface area is 165 Å². The third-order valence-corrected chi connectivity index (χ3v) is 4.71. The average molecular weight is 400 g/mol. The Bertz CT molecular complexity index is 667. The zero-order valence-electron chi connectivity index (χ0n) is 15.6. The van der Waals surface area contributed by atoms with Crippen LogP contribution in [0.2, 0.25) is 0 Å². The second-order valence-corrected chi connectivity index (χ2v) is 7.04. The van der Waals surface area contributed by atoms with Crippen molar-refractivity contribution >= 4 is 30.0 Å². The van der Waals surface area contributed by atoms with E-state index in [4.69, 9.17) is 5.73 Å². The van der Waals surface area contributed by atoms with Crippen molar-refractivity contribution in [2.24, 2.45) is 17.6 Å². The molecule has 1 fully saturated rings. The Hall–Kier alpha value is -1.99. The number of nitrogens with one attached hydrogen (secondary N) is 1. The molecule has 1 unspecified atom stereocenters. The number of Topliss-reactive ketones (excluding diaryl/α,β-unsaturated/α-hetero) is 1. The van der Waals surface area contributed by atoms with Gasteiger partial charge in [0.15, 0.2) is 5.78 Å². The van der Waals surface area contributed by atoms with E-state index < -0.39 is 11.9 Å². The van der Waals surface area contributed by atoms with Crippen LogP contribution in [0.5, 0.6) is 0 Å². The summed E-state index contributed by atoms with van der Waals surface area (Å²) in [6.07, 6.45) is 1.40. The van der Waals surface area contributed by atoms with Crippen LogP contribution in [0, 0.1) is 17.7 Å². The number of hydrogen-bond acceptors (Lipinski definition) is 4. The maximum Gasteiger partial charge on any atom is 0.241 e. The number of benzene rings is 1. The highest BCUT2D eigenvalue weighted by molar-refractivity contribution is 5.98. The minimum atomic E-state index is -0.656. The number of likely N-dealkylation sites (tertiary alicyclic amines) is 1. The number of hydrogen-bond donors (Lipinski definition) is 2. The molecule has 27 heavy (non-hydrogen) atoms. The Kier molecular flexibility index (Phi) is 8.85. The van der Waals surface area contributed by atoms with E-state index in [0.29, 0.717) is 31.5 Å². The molecule has 2 amide bonds. The van der Waals surface area contributed by atoms with Crippen molar-refractivity contribution in [2.45, 2.75) is 32.7 Å². The predicted molar refractivity (Wildman–Crippen MR) is 103 cm³/mol. The van der Waals surface area contributed by atoms with Crippen LogP contribution in [0.1, 0.15) is 37.0 Å². The number of ketones is 1. The average Bonchev–Trinajstić information content (AvgIpc) is 2.65. The lowest BCUT2D eigenvalue weighted by atomic mass is 9.90. The fourth-order valence-electron chi connectivity index (χ4n) is 2.96. The summed E-state index contributed by atoms with van der Waals surface area (Å²) in [5.41, 5.74) is 6.20. The van der Waals surface area contributed by atoms with Crippen LogP contribution >= 0.6 is 12.4 Å². The molecule has 0 radical (unpaired) electrons. The van der Waals surface area contributed by atoms with Crippen LogP contribution < -0.4 is 11.1 Å². The predicted octanol–water partition coefficient (Wildman–Crippen LogP) is 1.77. The number of nitrogens with two attached hydrogens (primary N) is 1. The van der Waals surface area contributed by atoms with Gasteiger partial charge in [-0.3, -0.25) is 14.4 Å². The molecule has 6 nitrogen and oxygen atoms in total. The third kappa shape index (κ3) is 6.29. The first-order chi connectivity index (χ1) is 12.3. The maximum absolute atomic E-state index is 13.0. The summed E-state index contributed by atoms with van der Waals surface area (Å²) < 4.78 is 13.0. The maximum atomic E-state index is 13.0. The third-order valence-electron chi connectivity index (χ3n) is 4.71. The largest absolute Gasteiger partial charge is 0.346 e. The van der Waals surface area contributed by atoms with Gasteiger partial charge in [-0.25, -0.2) is 4.39 Å². The summed E-state index contributed by atoms with van der Waals surface area (Å²) in [6, 6.07) is 4.79. The van der Waals surface area contributed by atoms with Gasteiger partial charge < -0.3 is 16.0 Å². The van der Waals surface area contributed by atoms with Crippen LogP contribution in [0.4, 0.5) is 4.39 Å². The number of rotatable bonds is 6. The highest BCUT2D eigenvalue weighted by Gasteiger charge is 2.29. The van der Waals surface area contributed by atoms with E-state index in [-0.39, 0.29) is 48.4 Å². The van der Waals surface area contributed by atoms with Crippen molar-refractivity contribution in [1.29, 1.82) is 0 Å². The van der Waals surface area contributed by atoms with Crippen molar-refractivity contribution in [3.63, 3.8) is 0 Å². The van der Waals surface area contributed by atoms with E-state index in [1.807, 2.05) is 13.8 Å². The Morgan fingerprint density at radius 2 is 1.89 bits per heavy atom. The molecular weight excluding hydrogens is 373 g/mol. The van der Waals surface area contributed by atoms with Crippen molar-refractivity contribution in [1.82, 2.24) is 10.2 Å². The van der Waals surface area contributed by atoms with Gasteiger partial charge in [-0.05, 0) is 43.0 Å². The first-order valence-corrected chi connectivity index (χ1v) is 8.90. The molecule has 1 aliphatic heterocycles. The fourth-order valence-corrected chi connectivity index (χ4v) is 2.96. The number of carbonyl (C=O) groups is 3. The molecule has 2 atom stereocenters. The van der Waals surface area contributed by atoms with Gasteiger partial charge in [-0.2, -0.15) is 0 Å². The number of carbonyl (C=O) groups excluding carboxylic acids is 3. The first kappa shape index (κ1) is 23.0. The molecule has 0 aromatic heterocycles. The standard InChI is InChI=1S/C19H26FN3O3.ClH/c1-12(2)17(21)19(26)22-10-16(24)23-9-3-4-14(11-23)18(25)13-5-7-15(20)8-6-13;/h5-8,12,14,17H,3-4,9-11,21H2,1-2H3,(H,22,26);1H/t14?,17-;/m0./s1. The number of piperidine rings is 1. The molecular formula is C19H27ClFN3O3. The van der Waals surface area contributed by atoms with Crippen LogP contribution in [0.25, 0.3) is 0 Å². The number of amides is 2. The van der Waals surface area contributed by atoms with Crippen molar-refractivity contribution in [3.8, 4) is 0 Å². The molecule has 1 aromatic carbocycles. The van der Waals surface area contributed by atoms with Gasteiger partial charge in [-0.1, -0.05) is 13.8 Å². The summed E-state index contributed by atoms with van der Waals surface area (Å²) in [7, 11) is 0. The van der Waals surface area contributed by atoms with Gasteiger partial charge in [0.1, 0.15) is 5.82 Å². The van der Waals surface area contributed by atoms with E-state index in [0.717, 1.165) is 0 Å². The second kappa shape index (κ2) is 10.4. The molecule has 0 aliphatic carbocycles. The summed E-state index contributed by atoms with van der Waals surface area (Å²) >= 11 is 0. The van der Waals surface area contributed by atoms with Crippen molar-refractivity contribution in [3.05, 3.63) is 35.6 Å². The van der Waals surface area contributed by atoms with Gasteiger partial charge in [0, 0.05) is 24.6 Å². The molecule has 3 N–H and O–H groups in total. The Morgan fingerprint density at radius 3 is 2.48 bits per heavy atom. The van der Waals surface area contributed by atoms with Gasteiger partial charge >= 0.3 is 0 Å². The Balaban J connectivity index is 0.00000364. The van der Waals surface area contributed by atoms with Crippen molar-refractivity contribution in [2.75, 3.05) is 19.6 Å². The van der Waals surface area contributed by atoms with E-state index in [2.05, 4.69) is 5.32 Å². The topological polar surface area (TPSA) is 92.5 Å². The number of nitrogens with zero attached hydrogens (tertiary/aromatic N) is 1. The van der Waals surface area contributed by atoms with Gasteiger partial charge in [0.2, 0.25) is 11.8 Å². The molecule has 8 heteroatoms. The highest BCUT2D eigenvalue weighted by Crippen LogP contribution is 2.21. The summed E-state index contributed by atoms with van der Waals surface area (Å²) in [5, 5.41) is 2.56. The molecule has 150 valence electrons. The van der Waals surface area contributed by atoms with E-state index in [9.17, 15) is 18.8 Å². The normalized spacial score (nSPS) is 17.8. The van der Waals surface area contributed by atoms with Crippen LogP contribution in [0.15, 0.2) is 24.3 Å². The summed E-state index contributed by atoms with van der Waals surface area (Å²) in [5.74, 6) is -1.40. The zero-order valence-corrected chi connectivity index (χ0v) is 16.4. The molecule has 1 aliphatic rings. The molecule has 1 aromatic rings. The summed E-state index contributed by atoms with van der Waals surface area (Å²) in [4.78, 5) is 38.4. The molecule has 1 saturated heterocycles. The highest BCUT2D eigenvalue weighted by atomic mass is 35.5. The zero-order chi connectivity index (χ0) is 19.3. The van der Waals surface area contributed by atoms with Crippen LogP contribution in [-0.2, 0) is 9.59 Å². The first-order valence-electron chi connectivity index (χ1n) is 8.90. The second-order valence-electron chi connectivity index (χ2n) is 7.04. The Morgan fingerprint density at radius 1 is 1.26 bits per heavy atom. The van der Waals surface area contributed by atoms with Crippen LogP contribution in [-0.4, -0.2) is 48.2 Å².